The Hall–Kier alpha value is -2.97. The predicted octanol–water partition coefficient (Wildman–Crippen LogP) is 3.97. The quantitative estimate of drug-likeness (QED) is 0.695. The lowest BCUT2D eigenvalue weighted by Gasteiger charge is -2.44. The van der Waals surface area contributed by atoms with Crippen molar-refractivity contribution in [1.82, 2.24) is 4.98 Å². The van der Waals surface area contributed by atoms with Crippen molar-refractivity contribution in [3.05, 3.63) is 53.3 Å². The number of aliphatic hydroxyl groups is 1. The van der Waals surface area contributed by atoms with Gasteiger partial charge in [-0.1, -0.05) is 30.9 Å². The predicted molar refractivity (Wildman–Crippen MR) is 124 cm³/mol. The van der Waals surface area contributed by atoms with Crippen LogP contribution in [0, 0.1) is 17.3 Å². The van der Waals surface area contributed by atoms with Crippen molar-refractivity contribution >= 4 is 11.5 Å². The van der Waals surface area contributed by atoms with Gasteiger partial charge in [0.25, 0.3) is 0 Å². The average molecular weight is 413 g/mol. The first-order chi connectivity index (χ1) is 15.0. The molecule has 3 N–H and O–H groups in total. The Bertz CT molecular complexity index is 1140. The molecule has 158 valence electrons. The van der Waals surface area contributed by atoms with Gasteiger partial charge in [0.05, 0.1) is 11.8 Å². The number of nitrogens with two attached hydrogens (primary N) is 1. The number of benzene rings is 1. The van der Waals surface area contributed by atoms with E-state index in [1.807, 2.05) is 20.0 Å². The highest BCUT2D eigenvalue weighted by molar-refractivity contribution is 6.41. The van der Waals surface area contributed by atoms with Gasteiger partial charge >= 0.3 is 0 Å². The number of rotatable bonds is 1. The van der Waals surface area contributed by atoms with Crippen LogP contribution in [0.3, 0.4) is 0 Å². The topological polar surface area (TPSA) is 83.9 Å². The summed E-state index contributed by atoms with van der Waals surface area (Å²) in [6.45, 7) is 3.99. The van der Waals surface area contributed by atoms with Gasteiger partial charge in [0.15, 0.2) is 5.66 Å². The van der Waals surface area contributed by atoms with E-state index in [4.69, 9.17) is 15.7 Å². The molecule has 1 aromatic carbocycles. The Morgan fingerprint density at radius 3 is 2.65 bits per heavy atom. The molecule has 2 spiro atoms. The monoisotopic (exact) mass is 412 g/mol. The van der Waals surface area contributed by atoms with Crippen LogP contribution in [0.2, 0.25) is 0 Å². The molecule has 0 bridgehead atoms. The largest absolute Gasteiger partial charge is 0.393 e. The van der Waals surface area contributed by atoms with Gasteiger partial charge < -0.3 is 10.8 Å². The van der Waals surface area contributed by atoms with Crippen molar-refractivity contribution in [3.8, 4) is 23.0 Å². The lowest BCUT2D eigenvalue weighted by atomic mass is 9.65. The molecule has 5 heteroatoms. The molecule has 5 rings (SSSR count). The molecule has 31 heavy (non-hydrogen) atoms. The van der Waals surface area contributed by atoms with Crippen molar-refractivity contribution in [2.45, 2.75) is 64.1 Å². The number of pyridine rings is 1. The first kappa shape index (κ1) is 20.0. The van der Waals surface area contributed by atoms with E-state index in [1.165, 1.54) is 5.56 Å². The number of amidine groups is 1. The molecular formula is C26H28N4O. The molecule has 0 radical (unpaired) electrons. The molecule has 2 aromatic rings. The lowest BCUT2D eigenvalue weighted by molar-refractivity contribution is 0.0233. The molecule has 1 unspecified atom stereocenters. The highest BCUT2D eigenvalue weighted by atomic mass is 16.3. The van der Waals surface area contributed by atoms with Crippen LogP contribution in [0.15, 0.2) is 46.6 Å². The standard InChI is InChI=1S/C26H28N4O/c1-3-4-5-18-12-21(16-28-15-18)19-6-7-20-14-25(10-8-22(31)9-11-25)26(23(20)13-19)29-17(2)24(27)30-26/h6-7,12-13,15-16,22,31H,3,8-11,14H2,1-2H3,(H2,27,30). The maximum atomic E-state index is 10.2. The maximum Gasteiger partial charge on any atom is 0.184 e. The van der Waals surface area contributed by atoms with Gasteiger partial charge in [-0.2, -0.15) is 0 Å². The summed E-state index contributed by atoms with van der Waals surface area (Å²) < 4.78 is 0. The van der Waals surface area contributed by atoms with E-state index in [0.717, 1.165) is 66.5 Å². The van der Waals surface area contributed by atoms with E-state index in [9.17, 15) is 5.11 Å². The van der Waals surface area contributed by atoms with Gasteiger partial charge in [-0.3, -0.25) is 9.98 Å². The summed E-state index contributed by atoms with van der Waals surface area (Å²) in [6.07, 6.45) is 8.57. The van der Waals surface area contributed by atoms with Crippen LogP contribution in [0.4, 0.5) is 0 Å². The number of hydrogen-bond acceptors (Lipinski definition) is 5. The second-order valence-electron chi connectivity index (χ2n) is 9.04. The number of aromatic nitrogens is 1. The van der Waals surface area contributed by atoms with E-state index in [1.54, 1.807) is 6.20 Å². The van der Waals surface area contributed by atoms with Crippen molar-refractivity contribution < 1.29 is 5.11 Å². The molecule has 2 heterocycles. The van der Waals surface area contributed by atoms with Gasteiger partial charge in [-0.05, 0) is 62.3 Å². The van der Waals surface area contributed by atoms with Gasteiger partial charge in [0, 0.05) is 40.9 Å². The van der Waals surface area contributed by atoms with Crippen molar-refractivity contribution in [2.75, 3.05) is 0 Å². The minimum Gasteiger partial charge on any atom is -0.393 e. The summed E-state index contributed by atoms with van der Waals surface area (Å²) in [6, 6.07) is 8.69. The normalized spacial score (nSPS) is 28.8. The van der Waals surface area contributed by atoms with Crippen molar-refractivity contribution in [1.29, 1.82) is 0 Å². The lowest BCUT2D eigenvalue weighted by Crippen LogP contribution is -2.43. The molecule has 1 aromatic heterocycles. The van der Waals surface area contributed by atoms with E-state index in [-0.39, 0.29) is 11.5 Å². The van der Waals surface area contributed by atoms with Gasteiger partial charge in [-0.25, -0.2) is 4.99 Å². The van der Waals surface area contributed by atoms with Crippen LogP contribution < -0.4 is 5.73 Å². The molecule has 0 amide bonds. The number of fused-ring (bicyclic) bond motifs is 3. The third kappa shape index (κ3) is 3.09. The van der Waals surface area contributed by atoms with E-state index >= 15 is 0 Å². The zero-order valence-corrected chi connectivity index (χ0v) is 18.2. The third-order valence-electron chi connectivity index (χ3n) is 7.13. The summed E-state index contributed by atoms with van der Waals surface area (Å²) in [5, 5.41) is 10.2. The Kier molecular flexibility index (Phi) is 4.71. The first-order valence-corrected chi connectivity index (χ1v) is 11.1. The maximum absolute atomic E-state index is 10.2. The minimum atomic E-state index is -0.681. The molecule has 1 saturated carbocycles. The van der Waals surface area contributed by atoms with Crippen molar-refractivity contribution in [3.63, 3.8) is 0 Å². The average Bonchev–Trinajstić information content (AvgIpc) is 3.22. The fourth-order valence-corrected chi connectivity index (χ4v) is 5.48. The van der Waals surface area contributed by atoms with Gasteiger partial charge in [-0.15, -0.1) is 0 Å². The molecule has 1 fully saturated rings. The summed E-state index contributed by atoms with van der Waals surface area (Å²) in [5.41, 5.74) is 11.7. The Morgan fingerprint density at radius 2 is 1.94 bits per heavy atom. The number of aliphatic hydroxyl groups excluding tert-OH is 1. The summed E-state index contributed by atoms with van der Waals surface area (Å²) in [5.74, 6) is 6.82. The second-order valence-corrected chi connectivity index (χ2v) is 9.04. The Morgan fingerprint density at radius 1 is 1.13 bits per heavy atom. The van der Waals surface area contributed by atoms with Gasteiger partial charge in [0.2, 0.25) is 0 Å². The van der Waals surface area contributed by atoms with Crippen LogP contribution in [0.1, 0.15) is 62.6 Å². The summed E-state index contributed by atoms with van der Waals surface area (Å²) in [4.78, 5) is 14.5. The molecule has 1 aliphatic heterocycles. The molecule has 5 nitrogen and oxygen atoms in total. The van der Waals surface area contributed by atoms with Crippen LogP contribution in [-0.2, 0) is 12.1 Å². The van der Waals surface area contributed by atoms with E-state index < -0.39 is 5.66 Å². The SMILES string of the molecule is CCC#Cc1cncc(-c2ccc3c(c2)C2(N=C(C)C(N)=N2)C2(CCC(O)CC2)C3)c1. The molecule has 1 atom stereocenters. The molecule has 0 saturated heterocycles. The fourth-order valence-electron chi connectivity index (χ4n) is 5.48. The molecular weight excluding hydrogens is 384 g/mol. The van der Waals surface area contributed by atoms with Crippen LogP contribution in [0.5, 0.6) is 0 Å². The third-order valence-corrected chi connectivity index (χ3v) is 7.13. The number of nitrogens with zero attached hydrogens (tertiary/aromatic N) is 3. The zero-order valence-electron chi connectivity index (χ0n) is 18.2. The highest BCUT2D eigenvalue weighted by Gasteiger charge is 2.60. The van der Waals surface area contributed by atoms with Crippen LogP contribution in [0.25, 0.3) is 11.1 Å². The van der Waals surface area contributed by atoms with Crippen molar-refractivity contribution in [2.24, 2.45) is 21.1 Å². The number of hydrogen-bond donors (Lipinski definition) is 2. The molecule has 3 aliphatic rings. The Labute approximate surface area is 183 Å². The fraction of sp³-hybridized carbons (Fsp3) is 0.423. The Balaban J connectivity index is 1.63. The van der Waals surface area contributed by atoms with Crippen LogP contribution in [-0.4, -0.2) is 27.7 Å². The van der Waals surface area contributed by atoms with Crippen LogP contribution >= 0.6 is 0 Å². The summed E-state index contributed by atoms with van der Waals surface area (Å²) in [7, 11) is 0. The zero-order chi connectivity index (χ0) is 21.6. The van der Waals surface area contributed by atoms with E-state index in [2.05, 4.69) is 41.1 Å². The molecule has 2 aliphatic carbocycles. The first-order valence-electron chi connectivity index (χ1n) is 11.1. The summed E-state index contributed by atoms with van der Waals surface area (Å²) >= 11 is 0. The minimum absolute atomic E-state index is 0.123. The van der Waals surface area contributed by atoms with Gasteiger partial charge in [0.1, 0.15) is 5.84 Å². The smallest absolute Gasteiger partial charge is 0.184 e. The highest BCUT2D eigenvalue weighted by Crippen LogP contribution is 2.61. The number of aliphatic imine (C=N–C) groups is 2. The second kappa shape index (κ2) is 7.32. The van der Waals surface area contributed by atoms with E-state index in [0.29, 0.717) is 5.84 Å².